The zero-order valence-corrected chi connectivity index (χ0v) is 16.2. The highest BCUT2D eigenvalue weighted by Gasteiger charge is 2.55. The smallest absolute Gasteiger partial charge is 0.364 e. The topological polar surface area (TPSA) is 157 Å². The highest BCUT2D eigenvalue weighted by molar-refractivity contribution is 14.1. The fraction of sp³-hybridized carbons (Fsp3) is 0.818. The van der Waals surface area contributed by atoms with E-state index in [0.717, 1.165) is 3.11 Å². The molecule has 0 aromatic heterocycles. The third-order valence-electron chi connectivity index (χ3n) is 3.46. The summed E-state index contributed by atoms with van der Waals surface area (Å²) in [5.41, 5.74) is 0. The predicted octanol–water partition coefficient (Wildman–Crippen LogP) is -1.44. The van der Waals surface area contributed by atoms with Gasteiger partial charge >= 0.3 is 5.97 Å². The normalized spacial score (nSPS) is 33.8. The van der Waals surface area contributed by atoms with Gasteiger partial charge in [-0.1, -0.05) is 0 Å². The highest BCUT2D eigenvalue weighted by Crippen LogP contribution is 2.35. The first kappa shape index (κ1) is 21.2. The summed E-state index contributed by atoms with van der Waals surface area (Å²) in [4.78, 5) is 22.7. The molecule has 6 unspecified atom stereocenters. The van der Waals surface area contributed by atoms with Crippen molar-refractivity contribution in [1.29, 1.82) is 0 Å². The highest BCUT2D eigenvalue weighted by atomic mass is 127. The van der Waals surface area contributed by atoms with Crippen LogP contribution in [-0.2, 0) is 17.4 Å². The van der Waals surface area contributed by atoms with Crippen molar-refractivity contribution in [2.75, 3.05) is 6.61 Å². The predicted molar refractivity (Wildman–Crippen MR) is 90.4 cm³/mol. The van der Waals surface area contributed by atoms with E-state index >= 15 is 0 Å². The second-order valence-electron chi connectivity index (χ2n) is 5.06. The molecule has 0 aromatic carbocycles. The van der Waals surface area contributed by atoms with E-state index < -0.39 is 61.1 Å². The van der Waals surface area contributed by atoms with E-state index in [9.17, 15) is 30.0 Å². The first-order valence-corrected chi connectivity index (χ1v) is 8.27. The number of carbonyl (C=O) groups excluding carboxylic acids is 1. The number of aliphatic hydroxyl groups excluding tert-OH is 3. The zero-order valence-electron chi connectivity index (χ0n) is 11.9. The number of nitrogens with zero attached hydrogens (tertiary/aromatic N) is 1. The van der Waals surface area contributed by atoms with Crippen LogP contribution in [0.5, 0.6) is 0 Å². The molecule has 0 aliphatic carbocycles. The maximum atomic E-state index is 11.6. The summed E-state index contributed by atoms with van der Waals surface area (Å²) < 4.78 is 11.0. The average molecular weight is 561 g/mol. The van der Waals surface area contributed by atoms with Crippen molar-refractivity contribution in [3.8, 4) is 0 Å². The van der Waals surface area contributed by atoms with Crippen molar-refractivity contribution < 1.29 is 42.9 Å². The molecule has 0 aromatic rings. The van der Waals surface area contributed by atoms with Crippen LogP contribution in [0, 0.1) is 0 Å². The van der Waals surface area contributed by atoms with E-state index in [1.807, 2.05) is 0 Å². The Hall–Kier alpha value is 0.160. The number of aliphatic carboxylic acids is 1. The van der Waals surface area contributed by atoms with Crippen molar-refractivity contribution in [2.45, 2.75) is 49.6 Å². The molecule has 10 nitrogen and oxygen atoms in total. The van der Waals surface area contributed by atoms with Crippen LogP contribution in [0.2, 0.25) is 0 Å². The second-order valence-corrected chi connectivity index (χ2v) is 6.61. The van der Waals surface area contributed by atoms with Gasteiger partial charge in [0.25, 0.3) is 5.79 Å². The van der Waals surface area contributed by atoms with Gasteiger partial charge in [-0.25, -0.2) is 4.79 Å². The van der Waals surface area contributed by atoms with Crippen LogP contribution >= 0.6 is 45.9 Å². The van der Waals surface area contributed by atoms with E-state index in [0.29, 0.717) is 0 Å². The summed E-state index contributed by atoms with van der Waals surface area (Å²) in [7, 11) is 0. The zero-order chi connectivity index (χ0) is 17.9. The van der Waals surface area contributed by atoms with Crippen LogP contribution in [0.15, 0.2) is 0 Å². The van der Waals surface area contributed by atoms with Crippen molar-refractivity contribution in [1.82, 2.24) is 3.11 Å². The lowest BCUT2D eigenvalue weighted by Crippen LogP contribution is -2.66. The quantitative estimate of drug-likeness (QED) is 0.194. The van der Waals surface area contributed by atoms with Crippen molar-refractivity contribution in [3.05, 3.63) is 0 Å². The van der Waals surface area contributed by atoms with Gasteiger partial charge < -0.3 is 33.3 Å². The molecule has 5 N–H and O–H groups in total. The molecule has 1 rings (SSSR count). The van der Waals surface area contributed by atoms with Gasteiger partial charge in [0, 0.05) is 13.3 Å². The molecule has 0 saturated carbocycles. The molecule has 6 atom stereocenters. The molecule has 0 radical (unpaired) electrons. The van der Waals surface area contributed by atoms with E-state index in [1.54, 1.807) is 22.9 Å². The number of amides is 1. The van der Waals surface area contributed by atoms with E-state index in [1.165, 1.54) is 29.9 Å². The van der Waals surface area contributed by atoms with Crippen LogP contribution in [0.4, 0.5) is 0 Å². The number of rotatable bonds is 6. The Morgan fingerprint density at radius 3 is 2.48 bits per heavy atom. The van der Waals surface area contributed by atoms with Crippen LogP contribution in [-0.4, -0.2) is 83.4 Å². The molecule has 0 spiro atoms. The first-order valence-electron chi connectivity index (χ1n) is 6.42. The molecule has 1 aliphatic heterocycles. The van der Waals surface area contributed by atoms with Gasteiger partial charge in [-0.3, -0.25) is 7.91 Å². The van der Waals surface area contributed by atoms with Crippen molar-refractivity contribution in [2.24, 2.45) is 0 Å². The average Bonchev–Trinajstić information content (AvgIpc) is 2.46. The standard InChI is InChI=1S/C11H17I2NO9/c1-4(16)14(12)7-5(17)2-11(21,10(19)20)22-9(7)8(18)6(3-15)23-13/h5-9,15,17-18,21H,2-3H2,1H3,(H,19,20). The largest absolute Gasteiger partial charge is 0.477 e. The van der Waals surface area contributed by atoms with E-state index in [4.69, 9.17) is 12.9 Å². The Morgan fingerprint density at radius 2 is 2.09 bits per heavy atom. The van der Waals surface area contributed by atoms with Crippen molar-refractivity contribution in [3.63, 3.8) is 0 Å². The maximum Gasteiger partial charge on any atom is 0.364 e. The molecule has 1 amide bonds. The number of carboxylic acid groups (broad SMARTS) is 1. The lowest BCUT2D eigenvalue weighted by Gasteiger charge is -2.46. The van der Waals surface area contributed by atoms with Crippen LogP contribution in [0.3, 0.4) is 0 Å². The Morgan fingerprint density at radius 1 is 1.52 bits per heavy atom. The minimum Gasteiger partial charge on any atom is -0.477 e. The molecule has 134 valence electrons. The molecular weight excluding hydrogens is 544 g/mol. The van der Waals surface area contributed by atoms with Gasteiger partial charge in [0.05, 0.1) is 41.6 Å². The second kappa shape index (κ2) is 8.50. The van der Waals surface area contributed by atoms with Gasteiger partial charge in [0.1, 0.15) is 41.3 Å². The fourth-order valence-corrected chi connectivity index (χ4v) is 3.42. The van der Waals surface area contributed by atoms with E-state index in [2.05, 4.69) is 0 Å². The Bertz CT molecular complexity index is 449. The maximum absolute atomic E-state index is 11.6. The lowest BCUT2D eigenvalue weighted by molar-refractivity contribution is -0.297. The van der Waals surface area contributed by atoms with Gasteiger partial charge in [0.2, 0.25) is 5.91 Å². The van der Waals surface area contributed by atoms with Gasteiger partial charge in [-0.05, 0) is 0 Å². The minimum atomic E-state index is -2.74. The lowest BCUT2D eigenvalue weighted by atomic mass is 9.88. The third kappa shape index (κ3) is 4.62. The Kier molecular flexibility index (Phi) is 7.84. The molecule has 1 aliphatic rings. The first-order chi connectivity index (χ1) is 10.6. The van der Waals surface area contributed by atoms with Crippen LogP contribution in [0.25, 0.3) is 0 Å². The fourth-order valence-electron chi connectivity index (χ4n) is 2.27. The number of hydrogen-bond acceptors (Lipinski definition) is 8. The summed E-state index contributed by atoms with van der Waals surface area (Å²) in [5, 5.41) is 48.8. The van der Waals surface area contributed by atoms with Crippen LogP contribution in [0.1, 0.15) is 13.3 Å². The number of carbonyl (C=O) groups is 2. The summed E-state index contributed by atoms with van der Waals surface area (Å²) in [6.07, 6.45) is -6.48. The van der Waals surface area contributed by atoms with Gasteiger partial charge in [-0.2, -0.15) is 0 Å². The number of carboxylic acids is 1. The number of hydrogen-bond donors (Lipinski definition) is 5. The molecule has 1 heterocycles. The minimum absolute atomic E-state index is 0.479. The molecule has 1 fully saturated rings. The Labute approximate surface area is 159 Å². The van der Waals surface area contributed by atoms with Gasteiger partial charge in [-0.15, -0.1) is 0 Å². The molecule has 1 saturated heterocycles. The summed E-state index contributed by atoms with van der Waals surface area (Å²) in [6, 6.07) is -1.15. The molecular formula is C11H17I2NO9. The molecule has 23 heavy (non-hydrogen) atoms. The Balaban J connectivity index is 3.21. The summed E-state index contributed by atoms with van der Waals surface area (Å²) >= 11 is 3.02. The number of aliphatic hydroxyl groups is 4. The number of halogens is 2. The third-order valence-corrected chi connectivity index (χ3v) is 5.43. The monoisotopic (exact) mass is 561 g/mol. The van der Waals surface area contributed by atoms with Crippen molar-refractivity contribution >= 4 is 57.7 Å². The summed E-state index contributed by atoms with van der Waals surface area (Å²) in [5.74, 6) is -4.96. The van der Waals surface area contributed by atoms with Crippen LogP contribution < -0.4 is 0 Å². The van der Waals surface area contributed by atoms with E-state index in [-0.39, 0.29) is 0 Å². The van der Waals surface area contributed by atoms with Gasteiger partial charge in [0.15, 0.2) is 0 Å². The molecule has 12 heteroatoms. The number of ether oxygens (including phenoxy) is 1. The molecule has 0 bridgehead atoms. The SMILES string of the molecule is CC(=O)N(I)C1C(O)CC(O)(C(=O)O)OC1C(O)C(CO)OI. The summed E-state index contributed by atoms with van der Waals surface area (Å²) in [6.45, 7) is 0.582.